The molecule has 2 rings (SSSR count). The number of ether oxygens (including phenoxy) is 3. The zero-order valence-electron chi connectivity index (χ0n) is 16.6. The Bertz CT molecular complexity index is 787. The third-order valence-electron chi connectivity index (χ3n) is 3.99. The number of nitrogens with zero attached hydrogens (tertiary/aromatic N) is 3. The lowest BCUT2D eigenvalue weighted by Crippen LogP contribution is -2.60. The van der Waals surface area contributed by atoms with Crippen LogP contribution < -0.4 is 4.74 Å². The van der Waals surface area contributed by atoms with E-state index in [1.54, 1.807) is 20.8 Å². The Kier molecular flexibility index (Phi) is 6.62. The summed E-state index contributed by atoms with van der Waals surface area (Å²) in [6.07, 6.45) is -1.44. The van der Waals surface area contributed by atoms with Gasteiger partial charge in [0.2, 0.25) is 0 Å². The maximum atomic E-state index is 12.5. The van der Waals surface area contributed by atoms with Gasteiger partial charge in [0.1, 0.15) is 11.4 Å². The van der Waals surface area contributed by atoms with Crippen LogP contribution >= 0.6 is 0 Å². The van der Waals surface area contributed by atoms with Crippen molar-refractivity contribution in [1.82, 2.24) is 9.80 Å². The van der Waals surface area contributed by atoms with Crippen molar-refractivity contribution in [3.05, 3.63) is 34.4 Å². The molecule has 1 heterocycles. The van der Waals surface area contributed by atoms with Gasteiger partial charge in [0.05, 0.1) is 18.6 Å². The second-order valence-electron chi connectivity index (χ2n) is 7.28. The van der Waals surface area contributed by atoms with Crippen LogP contribution in [0.4, 0.5) is 15.3 Å². The number of nitro benzene ring substituents is 1. The van der Waals surface area contributed by atoms with E-state index in [9.17, 15) is 24.5 Å². The Morgan fingerprint density at radius 2 is 1.72 bits per heavy atom. The van der Waals surface area contributed by atoms with Gasteiger partial charge < -0.3 is 19.1 Å². The Hall–Kier alpha value is -3.37. The summed E-state index contributed by atoms with van der Waals surface area (Å²) in [6, 6.07) is 3.87. The molecule has 1 aromatic rings. The number of carbonyl (C=O) groups is 3. The number of non-ortho nitro benzene ring substituents is 1. The van der Waals surface area contributed by atoms with Gasteiger partial charge in [0.25, 0.3) is 5.69 Å². The average Bonchev–Trinajstić information content (AvgIpc) is 2.65. The number of rotatable bonds is 3. The first-order valence-electron chi connectivity index (χ1n) is 8.80. The van der Waals surface area contributed by atoms with Crippen molar-refractivity contribution in [2.45, 2.75) is 32.4 Å². The smallest absolute Gasteiger partial charge is 0.416 e. The summed E-state index contributed by atoms with van der Waals surface area (Å²) in [7, 11) is 1.18. The number of hydrogen-bond acceptors (Lipinski definition) is 8. The van der Waals surface area contributed by atoms with Gasteiger partial charge in [-0.05, 0) is 32.9 Å². The van der Waals surface area contributed by atoms with E-state index in [0.29, 0.717) is 0 Å². The SMILES string of the molecule is COC(=O)C1CN(C(=O)OC(C)(C)C)CCN1C(=O)Oc1ccc([N+](=O)[O-])cc1. The molecule has 0 radical (unpaired) electrons. The molecule has 1 fully saturated rings. The van der Waals surface area contributed by atoms with Gasteiger partial charge in [-0.25, -0.2) is 14.4 Å². The first-order valence-corrected chi connectivity index (χ1v) is 8.80. The number of nitro groups is 1. The Morgan fingerprint density at radius 1 is 1.10 bits per heavy atom. The molecule has 0 aromatic heterocycles. The molecule has 1 atom stereocenters. The highest BCUT2D eigenvalue weighted by molar-refractivity contribution is 5.83. The van der Waals surface area contributed by atoms with E-state index < -0.39 is 34.7 Å². The van der Waals surface area contributed by atoms with E-state index in [1.807, 2.05) is 0 Å². The minimum Gasteiger partial charge on any atom is -0.467 e. The molecule has 0 N–H and O–H groups in total. The second kappa shape index (κ2) is 8.76. The van der Waals surface area contributed by atoms with Gasteiger partial charge in [-0.1, -0.05) is 0 Å². The maximum Gasteiger partial charge on any atom is 0.416 e. The molecular weight excluding hydrogens is 386 g/mol. The third kappa shape index (κ3) is 5.80. The zero-order chi connectivity index (χ0) is 21.8. The standard InChI is InChI=1S/C18H23N3O8/c1-18(2,3)29-16(23)19-9-10-20(14(11-19)15(22)27-4)17(24)28-13-7-5-12(6-8-13)21(25)26/h5-8,14H,9-11H2,1-4H3. The summed E-state index contributed by atoms with van der Waals surface area (Å²) in [6.45, 7) is 5.21. The number of esters is 1. The summed E-state index contributed by atoms with van der Waals surface area (Å²) in [4.78, 5) is 49.6. The van der Waals surface area contributed by atoms with E-state index in [0.717, 1.165) is 4.90 Å². The van der Waals surface area contributed by atoms with Crippen LogP contribution in [0.15, 0.2) is 24.3 Å². The lowest BCUT2D eigenvalue weighted by molar-refractivity contribution is -0.384. The first kappa shape index (κ1) is 21.9. The quantitative estimate of drug-likeness (QED) is 0.422. The molecular formula is C18H23N3O8. The molecule has 1 aliphatic heterocycles. The summed E-state index contributed by atoms with van der Waals surface area (Å²) in [5.41, 5.74) is -0.854. The summed E-state index contributed by atoms with van der Waals surface area (Å²) in [5, 5.41) is 10.7. The normalized spacial score (nSPS) is 16.8. The van der Waals surface area contributed by atoms with Gasteiger partial charge in [0.15, 0.2) is 6.04 Å². The molecule has 0 bridgehead atoms. The van der Waals surface area contributed by atoms with E-state index in [-0.39, 0.29) is 31.1 Å². The highest BCUT2D eigenvalue weighted by Gasteiger charge is 2.40. The topological polar surface area (TPSA) is 129 Å². The van der Waals surface area contributed by atoms with Gasteiger partial charge in [0, 0.05) is 25.2 Å². The molecule has 2 amide bonds. The lowest BCUT2D eigenvalue weighted by atomic mass is 10.1. The Balaban J connectivity index is 2.10. The summed E-state index contributed by atoms with van der Waals surface area (Å²) < 4.78 is 15.3. The lowest BCUT2D eigenvalue weighted by Gasteiger charge is -2.39. The summed E-state index contributed by atoms with van der Waals surface area (Å²) in [5.74, 6) is -0.627. The summed E-state index contributed by atoms with van der Waals surface area (Å²) >= 11 is 0. The van der Waals surface area contributed by atoms with E-state index in [2.05, 4.69) is 0 Å². The van der Waals surface area contributed by atoms with Crippen LogP contribution in [0.5, 0.6) is 5.75 Å². The van der Waals surface area contributed by atoms with Crippen molar-refractivity contribution in [3.63, 3.8) is 0 Å². The fourth-order valence-corrected chi connectivity index (χ4v) is 2.63. The van der Waals surface area contributed by atoms with Crippen molar-refractivity contribution in [2.24, 2.45) is 0 Å². The molecule has 0 aliphatic carbocycles. The minimum atomic E-state index is -1.08. The van der Waals surface area contributed by atoms with Gasteiger partial charge in [-0.15, -0.1) is 0 Å². The maximum absolute atomic E-state index is 12.5. The van der Waals surface area contributed by atoms with Crippen molar-refractivity contribution in [1.29, 1.82) is 0 Å². The predicted molar refractivity (Wildman–Crippen MR) is 99.4 cm³/mol. The number of hydrogen-bond donors (Lipinski definition) is 0. The zero-order valence-corrected chi connectivity index (χ0v) is 16.6. The molecule has 11 nitrogen and oxygen atoms in total. The fraction of sp³-hybridized carbons (Fsp3) is 0.500. The monoisotopic (exact) mass is 409 g/mol. The van der Waals surface area contributed by atoms with Crippen LogP contribution in [0.25, 0.3) is 0 Å². The molecule has 11 heteroatoms. The number of methoxy groups -OCH3 is 1. The molecule has 1 aliphatic rings. The molecule has 1 unspecified atom stereocenters. The van der Waals surface area contributed by atoms with Gasteiger partial charge in [-0.2, -0.15) is 0 Å². The van der Waals surface area contributed by atoms with E-state index in [1.165, 1.54) is 36.3 Å². The van der Waals surface area contributed by atoms with Crippen LogP contribution in [0.1, 0.15) is 20.8 Å². The van der Waals surface area contributed by atoms with Crippen LogP contribution in [0.2, 0.25) is 0 Å². The molecule has 0 spiro atoms. The minimum absolute atomic E-state index is 0.0187. The fourth-order valence-electron chi connectivity index (χ4n) is 2.63. The third-order valence-corrected chi connectivity index (χ3v) is 3.99. The van der Waals surface area contributed by atoms with Crippen molar-refractivity contribution >= 4 is 23.8 Å². The number of piperazine rings is 1. The number of benzene rings is 1. The average molecular weight is 409 g/mol. The highest BCUT2D eigenvalue weighted by Crippen LogP contribution is 2.21. The van der Waals surface area contributed by atoms with Crippen LogP contribution in [-0.2, 0) is 14.3 Å². The highest BCUT2D eigenvalue weighted by atomic mass is 16.6. The van der Waals surface area contributed by atoms with Crippen molar-refractivity contribution in [3.8, 4) is 5.75 Å². The molecule has 1 saturated heterocycles. The first-order chi connectivity index (χ1) is 13.5. The van der Waals surface area contributed by atoms with Crippen molar-refractivity contribution < 1.29 is 33.5 Å². The van der Waals surface area contributed by atoms with Crippen LogP contribution in [0, 0.1) is 10.1 Å². The van der Waals surface area contributed by atoms with E-state index >= 15 is 0 Å². The van der Waals surface area contributed by atoms with E-state index in [4.69, 9.17) is 14.2 Å². The van der Waals surface area contributed by atoms with Gasteiger partial charge in [-0.3, -0.25) is 15.0 Å². The number of carbonyl (C=O) groups excluding carboxylic acids is 3. The molecule has 0 saturated carbocycles. The Labute approximate surface area is 167 Å². The van der Waals surface area contributed by atoms with Crippen LogP contribution in [0.3, 0.4) is 0 Å². The van der Waals surface area contributed by atoms with Gasteiger partial charge >= 0.3 is 18.2 Å². The largest absolute Gasteiger partial charge is 0.467 e. The van der Waals surface area contributed by atoms with Crippen LogP contribution in [-0.4, -0.2) is 71.3 Å². The molecule has 1 aromatic carbocycles. The molecule has 29 heavy (non-hydrogen) atoms. The second-order valence-corrected chi connectivity index (χ2v) is 7.28. The predicted octanol–water partition coefficient (Wildman–Crippen LogP) is 2.19. The molecule has 158 valence electrons. The Morgan fingerprint density at radius 3 is 2.24 bits per heavy atom. The number of amides is 2. The van der Waals surface area contributed by atoms with Crippen molar-refractivity contribution in [2.75, 3.05) is 26.7 Å².